The molecule has 5 heteroatoms. The average Bonchev–Trinajstić information content (AvgIpc) is 2.96. The van der Waals surface area contributed by atoms with Gasteiger partial charge in [0.25, 0.3) is 0 Å². The largest absolute Gasteiger partial charge is 0.360 e. The molecule has 0 saturated carbocycles. The van der Waals surface area contributed by atoms with Crippen LogP contribution >= 0.6 is 0 Å². The summed E-state index contributed by atoms with van der Waals surface area (Å²) < 4.78 is 5.01. The Hall–Kier alpha value is -3.08. The molecular weight excluding hydrogens is 302 g/mol. The minimum atomic E-state index is -0.0355. The summed E-state index contributed by atoms with van der Waals surface area (Å²) in [4.78, 5) is 12.1. The molecule has 0 bridgehead atoms. The van der Waals surface area contributed by atoms with E-state index < -0.39 is 0 Å². The molecule has 3 rings (SSSR count). The molecular formula is C19H19N3O2. The summed E-state index contributed by atoms with van der Waals surface area (Å²) in [5, 5.41) is 9.91. The molecule has 2 aromatic carbocycles. The van der Waals surface area contributed by atoms with Crippen molar-refractivity contribution in [1.29, 1.82) is 0 Å². The number of aromatic nitrogens is 1. The minimum absolute atomic E-state index is 0.0355. The SMILES string of the molecule is Cc1ccc(CC(=O)Nc2ccc(Nc3cc(C)on3)cc2)cc1. The van der Waals surface area contributed by atoms with Crippen molar-refractivity contribution in [2.24, 2.45) is 0 Å². The standard InChI is InChI=1S/C19H19N3O2/c1-13-3-5-15(6-4-13)12-19(23)21-17-9-7-16(8-10-17)20-18-11-14(2)24-22-18/h3-11H,12H2,1-2H3,(H,20,22)(H,21,23). The van der Waals surface area contributed by atoms with E-state index in [-0.39, 0.29) is 5.91 Å². The lowest BCUT2D eigenvalue weighted by Crippen LogP contribution is -2.14. The molecule has 3 aromatic rings. The van der Waals surface area contributed by atoms with Gasteiger partial charge in [-0.15, -0.1) is 0 Å². The van der Waals surface area contributed by atoms with Gasteiger partial charge < -0.3 is 15.2 Å². The number of benzene rings is 2. The van der Waals surface area contributed by atoms with Gasteiger partial charge >= 0.3 is 0 Å². The molecule has 0 spiro atoms. The Morgan fingerprint density at radius 3 is 2.29 bits per heavy atom. The van der Waals surface area contributed by atoms with Crippen LogP contribution in [0.4, 0.5) is 17.2 Å². The monoisotopic (exact) mass is 321 g/mol. The van der Waals surface area contributed by atoms with Crippen LogP contribution in [0.1, 0.15) is 16.9 Å². The van der Waals surface area contributed by atoms with Crippen molar-refractivity contribution in [1.82, 2.24) is 5.16 Å². The van der Waals surface area contributed by atoms with Gasteiger partial charge in [0.1, 0.15) is 5.76 Å². The highest BCUT2D eigenvalue weighted by atomic mass is 16.5. The molecule has 2 N–H and O–H groups in total. The van der Waals surface area contributed by atoms with E-state index in [4.69, 9.17) is 4.52 Å². The smallest absolute Gasteiger partial charge is 0.228 e. The van der Waals surface area contributed by atoms with E-state index >= 15 is 0 Å². The normalized spacial score (nSPS) is 10.4. The van der Waals surface area contributed by atoms with Crippen LogP contribution in [0.25, 0.3) is 0 Å². The summed E-state index contributed by atoms with van der Waals surface area (Å²) >= 11 is 0. The summed E-state index contributed by atoms with van der Waals surface area (Å²) in [5.41, 5.74) is 3.82. The summed E-state index contributed by atoms with van der Waals surface area (Å²) in [7, 11) is 0. The van der Waals surface area contributed by atoms with Crippen LogP contribution in [0.3, 0.4) is 0 Å². The fraction of sp³-hybridized carbons (Fsp3) is 0.158. The molecule has 1 heterocycles. The lowest BCUT2D eigenvalue weighted by Gasteiger charge is -2.07. The number of hydrogen-bond acceptors (Lipinski definition) is 4. The lowest BCUT2D eigenvalue weighted by atomic mass is 10.1. The summed E-state index contributed by atoms with van der Waals surface area (Å²) in [5.74, 6) is 1.37. The number of rotatable bonds is 5. The van der Waals surface area contributed by atoms with Gasteiger partial charge in [0.05, 0.1) is 6.42 Å². The summed E-state index contributed by atoms with van der Waals surface area (Å²) in [6.45, 7) is 3.87. The predicted octanol–water partition coefficient (Wildman–Crippen LogP) is 4.22. The van der Waals surface area contributed by atoms with E-state index in [1.165, 1.54) is 5.56 Å². The second kappa shape index (κ2) is 7.00. The first-order valence-corrected chi connectivity index (χ1v) is 7.74. The highest BCUT2D eigenvalue weighted by Crippen LogP contribution is 2.19. The van der Waals surface area contributed by atoms with Gasteiger partial charge in [-0.3, -0.25) is 4.79 Å². The number of carbonyl (C=O) groups is 1. The molecule has 0 saturated heterocycles. The topological polar surface area (TPSA) is 67.2 Å². The maximum atomic E-state index is 12.1. The Morgan fingerprint density at radius 2 is 1.67 bits per heavy atom. The Balaban J connectivity index is 1.57. The van der Waals surface area contributed by atoms with Crippen molar-refractivity contribution in [3.63, 3.8) is 0 Å². The molecule has 0 unspecified atom stereocenters. The Labute approximate surface area is 140 Å². The molecule has 5 nitrogen and oxygen atoms in total. The van der Waals surface area contributed by atoms with Gasteiger partial charge in [-0.25, -0.2) is 0 Å². The zero-order valence-electron chi connectivity index (χ0n) is 13.7. The predicted molar refractivity (Wildman–Crippen MR) is 94.5 cm³/mol. The molecule has 0 aliphatic heterocycles. The van der Waals surface area contributed by atoms with Crippen LogP contribution in [0.5, 0.6) is 0 Å². The quantitative estimate of drug-likeness (QED) is 0.738. The Bertz CT molecular complexity index is 821. The van der Waals surface area contributed by atoms with Gasteiger partial charge in [-0.1, -0.05) is 35.0 Å². The van der Waals surface area contributed by atoms with E-state index in [9.17, 15) is 4.79 Å². The first-order valence-electron chi connectivity index (χ1n) is 7.74. The molecule has 0 fully saturated rings. The first kappa shape index (κ1) is 15.8. The Kier molecular flexibility index (Phi) is 4.61. The number of aryl methyl sites for hydroxylation is 2. The maximum absolute atomic E-state index is 12.1. The van der Waals surface area contributed by atoms with Crippen LogP contribution in [-0.4, -0.2) is 11.1 Å². The van der Waals surface area contributed by atoms with E-state index in [0.717, 1.165) is 22.7 Å². The highest BCUT2D eigenvalue weighted by molar-refractivity contribution is 5.92. The van der Waals surface area contributed by atoms with E-state index in [2.05, 4.69) is 15.8 Å². The number of nitrogens with zero attached hydrogens (tertiary/aromatic N) is 1. The van der Waals surface area contributed by atoms with Crippen molar-refractivity contribution in [2.75, 3.05) is 10.6 Å². The van der Waals surface area contributed by atoms with Crippen molar-refractivity contribution in [3.05, 3.63) is 71.5 Å². The summed E-state index contributed by atoms with van der Waals surface area (Å²) in [6, 6.07) is 17.2. The number of hydrogen-bond donors (Lipinski definition) is 2. The molecule has 0 radical (unpaired) electrons. The zero-order chi connectivity index (χ0) is 16.9. The lowest BCUT2D eigenvalue weighted by molar-refractivity contribution is -0.115. The molecule has 1 aromatic heterocycles. The van der Waals surface area contributed by atoms with Crippen LogP contribution < -0.4 is 10.6 Å². The third-order valence-electron chi connectivity index (χ3n) is 3.55. The molecule has 0 aliphatic rings. The van der Waals surface area contributed by atoms with Crippen LogP contribution in [0, 0.1) is 13.8 Å². The molecule has 0 atom stereocenters. The fourth-order valence-corrected chi connectivity index (χ4v) is 2.31. The van der Waals surface area contributed by atoms with Crippen molar-refractivity contribution >= 4 is 23.1 Å². The Morgan fingerprint density at radius 1 is 1.00 bits per heavy atom. The molecule has 1 amide bonds. The van der Waals surface area contributed by atoms with Crippen LogP contribution in [0.2, 0.25) is 0 Å². The van der Waals surface area contributed by atoms with Crippen LogP contribution in [-0.2, 0) is 11.2 Å². The van der Waals surface area contributed by atoms with Gasteiger partial charge in [0, 0.05) is 17.4 Å². The van der Waals surface area contributed by atoms with Crippen molar-refractivity contribution < 1.29 is 9.32 Å². The number of amides is 1. The van der Waals surface area contributed by atoms with Gasteiger partial charge in [-0.05, 0) is 43.7 Å². The molecule has 122 valence electrons. The number of nitrogens with one attached hydrogen (secondary N) is 2. The van der Waals surface area contributed by atoms with Gasteiger partial charge in [-0.2, -0.15) is 0 Å². The molecule has 0 aliphatic carbocycles. The molecule has 24 heavy (non-hydrogen) atoms. The third-order valence-corrected chi connectivity index (χ3v) is 3.55. The maximum Gasteiger partial charge on any atom is 0.228 e. The second-order valence-electron chi connectivity index (χ2n) is 5.74. The minimum Gasteiger partial charge on any atom is -0.360 e. The van der Waals surface area contributed by atoms with E-state index in [1.54, 1.807) is 0 Å². The van der Waals surface area contributed by atoms with Crippen LogP contribution in [0.15, 0.2) is 59.1 Å². The first-order chi connectivity index (χ1) is 11.6. The highest BCUT2D eigenvalue weighted by Gasteiger charge is 2.05. The average molecular weight is 321 g/mol. The van der Waals surface area contributed by atoms with E-state index in [0.29, 0.717) is 12.2 Å². The zero-order valence-corrected chi connectivity index (χ0v) is 13.7. The number of anilines is 3. The third kappa shape index (κ3) is 4.23. The van der Waals surface area contributed by atoms with Gasteiger partial charge in [0.2, 0.25) is 5.91 Å². The van der Waals surface area contributed by atoms with Crippen molar-refractivity contribution in [3.8, 4) is 0 Å². The fourth-order valence-electron chi connectivity index (χ4n) is 2.31. The van der Waals surface area contributed by atoms with Gasteiger partial charge in [0.15, 0.2) is 5.82 Å². The van der Waals surface area contributed by atoms with E-state index in [1.807, 2.05) is 68.4 Å². The summed E-state index contributed by atoms with van der Waals surface area (Å²) in [6.07, 6.45) is 0.360. The second-order valence-corrected chi connectivity index (χ2v) is 5.74. The number of carbonyl (C=O) groups excluding carboxylic acids is 1. The van der Waals surface area contributed by atoms with Crippen molar-refractivity contribution in [2.45, 2.75) is 20.3 Å².